The number of rotatable bonds is 5. The molecule has 0 saturated heterocycles. The van der Waals surface area contributed by atoms with E-state index in [0.29, 0.717) is 12.0 Å². The van der Waals surface area contributed by atoms with Crippen LogP contribution in [0.4, 0.5) is 4.39 Å². The minimum Gasteiger partial charge on any atom is -0.478 e. The van der Waals surface area contributed by atoms with Crippen LogP contribution in [-0.2, 0) is 11.3 Å². The Bertz CT molecular complexity index is 759. The minimum absolute atomic E-state index is 0.0680. The zero-order valence-electron chi connectivity index (χ0n) is 12.3. The Morgan fingerprint density at radius 3 is 2.70 bits per heavy atom. The maximum atomic E-state index is 13.7. The lowest BCUT2D eigenvalue weighted by Crippen LogP contribution is -2.25. The van der Waals surface area contributed by atoms with Crippen LogP contribution in [0.3, 0.4) is 0 Å². The van der Waals surface area contributed by atoms with Crippen molar-refractivity contribution in [1.82, 2.24) is 5.32 Å². The standard InChI is InChI=1S/C18H16FNO3/c19-16-7-2-1-6-13(16)14-9-15(14)17(21)20-10-11-4-3-5-12(8-11)18(22)23/h1-8,14-15H,9-10H2,(H,20,21)(H,22,23)/t14-,15-/m0/s1. The second-order valence-electron chi connectivity index (χ2n) is 5.69. The molecule has 0 spiro atoms. The fourth-order valence-electron chi connectivity index (χ4n) is 2.74. The molecule has 2 aromatic carbocycles. The van der Waals surface area contributed by atoms with Crippen molar-refractivity contribution in [2.45, 2.75) is 18.9 Å². The highest BCUT2D eigenvalue weighted by Crippen LogP contribution is 2.48. The van der Waals surface area contributed by atoms with Crippen LogP contribution in [0.5, 0.6) is 0 Å². The van der Waals surface area contributed by atoms with E-state index >= 15 is 0 Å². The summed E-state index contributed by atoms with van der Waals surface area (Å²) in [6, 6.07) is 12.9. The zero-order chi connectivity index (χ0) is 16.4. The summed E-state index contributed by atoms with van der Waals surface area (Å²) in [5, 5.41) is 11.7. The van der Waals surface area contributed by atoms with Gasteiger partial charge in [-0.1, -0.05) is 30.3 Å². The Morgan fingerprint density at radius 2 is 1.96 bits per heavy atom. The van der Waals surface area contributed by atoms with E-state index in [0.717, 1.165) is 5.56 Å². The summed E-state index contributed by atoms with van der Waals surface area (Å²) >= 11 is 0. The van der Waals surface area contributed by atoms with E-state index in [9.17, 15) is 14.0 Å². The van der Waals surface area contributed by atoms with Gasteiger partial charge in [-0.15, -0.1) is 0 Å². The lowest BCUT2D eigenvalue weighted by atomic mass is 10.1. The molecule has 2 atom stereocenters. The van der Waals surface area contributed by atoms with E-state index in [1.165, 1.54) is 18.2 Å². The molecule has 5 heteroatoms. The molecule has 2 N–H and O–H groups in total. The third-order valence-corrected chi connectivity index (χ3v) is 4.07. The summed E-state index contributed by atoms with van der Waals surface area (Å²) in [7, 11) is 0. The number of aromatic carboxylic acids is 1. The number of carbonyl (C=O) groups excluding carboxylic acids is 1. The highest BCUT2D eigenvalue weighted by molar-refractivity contribution is 5.87. The molecule has 1 aliphatic carbocycles. The summed E-state index contributed by atoms with van der Waals surface area (Å²) in [5.41, 5.74) is 1.49. The molecule has 0 bridgehead atoms. The van der Waals surface area contributed by atoms with Gasteiger partial charge in [0.25, 0.3) is 0 Å². The van der Waals surface area contributed by atoms with E-state index in [4.69, 9.17) is 5.11 Å². The predicted octanol–water partition coefficient (Wildman–Crippen LogP) is 2.94. The summed E-state index contributed by atoms with van der Waals surface area (Å²) in [6.45, 7) is 0.264. The monoisotopic (exact) mass is 313 g/mol. The Morgan fingerprint density at radius 1 is 1.17 bits per heavy atom. The van der Waals surface area contributed by atoms with Gasteiger partial charge in [0, 0.05) is 12.5 Å². The summed E-state index contributed by atoms with van der Waals surface area (Å²) < 4.78 is 13.7. The molecule has 3 rings (SSSR count). The van der Waals surface area contributed by atoms with Crippen molar-refractivity contribution in [3.63, 3.8) is 0 Å². The molecule has 1 fully saturated rings. The number of hydrogen-bond donors (Lipinski definition) is 2. The van der Waals surface area contributed by atoms with Crippen molar-refractivity contribution in [3.8, 4) is 0 Å². The van der Waals surface area contributed by atoms with Crippen LogP contribution < -0.4 is 5.32 Å². The number of nitrogens with one attached hydrogen (secondary N) is 1. The molecular weight excluding hydrogens is 297 g/mol. The number of halogens is 1. The summed E-state index contributed by atoms with van der Waals surface area (Å²) in [5.74, 6) is -1.68. The van der Waals surface area contributed by atoms with Crippen LogP contribution in [0, 0.1) is 11.7 Å². The molecule has 0 heterocycles. The van der Waals surface area contributed by atoms with E-state index in [-0.39, 0.29) is 35.7 Å². The number of carboxylic acid groups (broad SMARTS) is 1. The third kappa shape index (κ3) is 3.39. The Balaban J connectivity index is 1.58. The Labute approximate surface area is 133 Å². The average Bonchev–Trinajstić information content (AvgIpc) is 3.34. The molecule has 0 aliphatic heterocycles. The van der Waals surface area contributed by atoms with Gasteiger partial charge in [-0.05, 0) is 41.7 Å². The molecule has 1 amide bonds. The number of amides is 1. The third-order valence-electron chi connectivity index (χ3n) is 4.07. The highest BCUT2D eigenvalue weighted by atomic mass is 19.1. The van der Waals surface area contributed by atoms with E-state index < -0.39 is 5.97 Å². The van der Waals surface area contributed by atoms with E-state index in [1.807, 2.05) is 0 Å². The number of carboxylic acids is 1. The fraction of sp³-hybridized carbons (Fsp3) is 0.222. The quantitative estimate of drug-likeness (QED) is 0.892. The van der Waals surface area contributed by atoms with Gasteiger partial charge in [0.15, 0.2) is 0 Å². The van der Waals surface area contributed by atoms with Crippen LogP contribution in [0.2, 0.25) is 0 Å². The Hall–Kier alpha value is -2.69. The Kier molecular flexibility index (Phi) is 4.10. The summed E-state index contributed by atoms with van der Waals surface area (Å²) in [4.78, 5) is 23.1. The van der Waals surface area contributed by atoms with Crippen LogP contribution in [0.1, 0.15) is 33.8 Å². The van der Waals surface area contributed by atoms with Gasteiger partial charge in [0.05, 0.1) is 5.56 Å². The van der Waals surface area contributed by atoms with Crippen molar-refractivity contribution in [1.29, 1.82) is 0 Å². The van der Waals surface area contributed by atoms with Gasteiger partial charge in [-0.25, -0.2) is 9.18 Å². The molecule has 2 aromatic rings. The maximum absolute atomic E-state index is 13.7. The lowest BCUT2D eigenvalue weighted by molar-refractivity contribution is -0.122. The fourth-order valence-corrected chi connectivity index (χ4v) is 2.74. The molecule has 4 nitrogen and oxygen atoms in total. The van der Waals surface area contributed by atoms with Gasteiger partial charge in [0.1, 0.15) is 5.82 Å². The van der Waals surface area contributed by atoms with Gasteiger partial charge in [-0.3, -0.25) is 4.79 Å². The molecule has 1 saturated carbocycles. The molecule has 23 heavy (non-hydrogen) atoms. The topological polar surface area (TPSA) is 66.4 Å². The molecule has 0 aromatic heterocycles. The molecule has 0 radical (unpaired) electrons. The second-order valence-corrected chi connectivity index (χ2v) is 5.69. The maximum Gasteiger partial charge on any atom is 0.335 e. The van der Waals surface area contributed by atoms with Gasteiger partial charge >= 0.3 is 5.97 Å². The van der Waals surface area contributed by atoms with Gasteiger partial charge in [-0.2, -0.15) is 0 Å². The van der Waals surface area contributed by atoms with Crippen molar-refractivity contribution >= 4 is 11.9 Å². The minimum atomic E-state index is -1.00. The SMILES string of the molecule is O=C(O)c1cccc(CNC(=O)[C@H]2C[C@H]2c2ccccc2F)c1. The first-order valence-electron chi connectivity index (χ1n) is 7.40. The predicted molar refractivity (Wildman–Crippen MR) is 82.5 cm³/mol. The molecular formula is C18H16FNO3. The van der Waals surface area contributed by atoms with Crippen molar-refractivity contribution in [2.75, 3.05) is 0 Å². The van der Waals surface area contributed by atoms with Crippen LogP contribution in [0.15, 0.2) is 48.5 Å². The highest BCUT2D eigenvalue weighted by Gasteiger charge is 2.44. The first-order valence-corrected chi connectivity index (χ1v) is 7.40. The second kappa shape index (κ2) is 6.20. The van der Waals surface area contributed by atoms with E-state index in [1.54, 1.807) is 30.3 Å². The van der Waals surface area contributed by atoms with Crippen molar-refractivity contribution in [2.24, 2.45) is 5.92 Å². The van der Waals surface area contributed by atoms with Crippen LogP contribution in [-0.4, -0.2) is 17.0 Å². The van der Waals surface area contributed by atoms with Crippen molar-refractivity contribution in [3.05, 3.63) is 71.0 Å². The molecule has 1 aliphatic rings. The van der Waals surface area contributed by atoms with Crippen LogP contribution >= 0.6 is 0 Å². The number of hydrogen-bond acceptors (Lipinski definition) is 2. The van der Waals surface area contributed by atoms with E-state index in [2.05, 4.69) is 5.32 Å². The first-order chi connectivity index (χ1) is 11.1. The van der Waals surface area contributed by atoms with Crippen LogP contribution in [0.25, 0.3) is 0 Å². The molecule has 118 valence electrons. The number of carbonyl (C=O) groups is 2. The largest absolute Gasteiger partial charge is 0.478 e. The average molecular weight is 313 g/mol. The van der Waals surface area contributed by atoms with Crippen molar-refractivity contribution < 1.29 is 19.1 Å². The smallest absolute Gasteiger partial charge is 0.335 e. The first kappa shape index (κ1) is 15.2. The normalized spacial score (nSPS) is 19.2. The van der Waals surface area contributed by atoms with Gasteiger partial charge < -0.3 is 10.4 Å². The molecule has 0 unspecified atom stereocenters. The zero-order valence-corrected chi connectivity index (χ0v) is 12.3. The number of benzene rings is 2. The summed E-state index contributed by atoms with van der Waals surface area (Å²) in [6.07, 6.45) is 0.641. The lowest BCUT2D eigenvalue weighted by Gasteiger charge is -2.06. The van der Waals surface area contributed by atoms with Gasteiger partial charge in [0.2, 0.25) is 5.91 Å².